The minimum Gasteiger partial charge on any atom is -0.387 e. The van der Waals surface area contributed by atoms with Crippen molar-refractivity contribution in [3.05, 3.63) is 12.7 Å². The lowest BCUT2D eigenvalue weighted by Crippen LogP contribution is -2.34. The Kier molecular flexibility index (Phi) is 17.2. The van der Waals surface area contributed by atoms with Gasteiger partial charge in [-0.1, -0.05) is 37.4 Å². The monoisotopic (exact) mass is 966 g/mol. The second kappa shape index (κ2) is 21.8. The smallest absolute Gasteiger partial charge is 0.387 e. The molecular weight excluding hydrogens is 911 g/mol. The number of aliphatic hydroxyl groups is 4. The number of aromatic nitrogens is 8. The molecule has 10 atom stereocenters. The van der Waals surface area contributed by atoms with E-state index in [9.17, 15) is 39.3 Å². The third-order valence-corrected chi connectivity index (χ3v) is 14.3. The van der Waals surface area contributed by atoms with Gasteiger partial charge in [-0.2, -0.15) is 4.31 Å². The first kappa shape index (κ1) is 49.8. The zero-order valence-electron chi connectivity index (χ0n) is 35.6. The highest BCUT2D eigenvalue weighted by atomic mass is 32.2. The Bertz CT molecular complexity index is 2090. The number of aliphatic hydroxyl groups excluding tert-OH is 4. The average Bonchev–Trinajstić information content (AvgIpc) is 3.98. The molecule has 0 aliphatic carbocycles. The van der Waals surface area contributed by atoms with Crippen molar-refractivity contribution in [3.63, 3.8) is 0 Å². The number of rotatable bonds is 24. The van der Waals surface area contributed by atoms with Gasteiger partial charge in [-0.25, -0.2) is 39.0 Å². The van der Waals surface area contributed by atoms with Crippen molar-refractivity contribution in [2.24, 2.45) is 0 Å². The summed E-state index contributed by atoms with van der Waals surface area (Å²) in [5, 5.41) is 51.2. The van der Waals surface area contributed by atoms with E-state index in [2.05, 4.69) is 44.8 Å². The highest BCUT2D eigenvalue weighted by Crippen LogP contribution is 2.61. The number of ether oxygens (including phenoxy) is 2. The van der Waals surface area contributed by atoms with Crippen LogP contribution in [0.1, 0.15) is 39.1 Å². The number of phosphoric ester groups is 2. The maximum absolute atomic E-state index is 12.9. The summed E-state index contributed by atoms with van der Waals surface area (Å²) < 4.78 is 54.7. The van der Waals surface area contributed by atoms with E-state index in [-0.39, 0.29) is 0 Å². The van der Waals surface area contributed by atoms with E-state index >= 15 is 0 Å². The molecule has 0 saturated carbocycles. The Morgan fingerprint density at radius 3 is 1.44 bits per heavy atom. The van der Waals surface area contributed by atoms with Crippen LogP contribution in [0.15, 0.2) is 23.0 Å². The van der Waals surface area contributed by atoms with Gasteiger partial charge in [0.15, 0.2) is 56.7 Å². The van der Waals surface area contributed by atoms with Gasteiger partial charge in [0.05, 0.1) is 25.9 Å². The van der Waals surface area contributed by atoms with Crippen LogP contribution in [-0.4, -0.2) is 195 Å². The molecule has 0 aromatic carbocycles. The van der Waals surface area contributed by atoms with Gasteiger partial charge in [-0.3, -0.25) is 18.2 Å². The minimum absolute atomic E-state index is 0.291. The number of anilines is 2. The van der Waals surface area contributed by atoms with E-state index in [1.54, 1.807) is 0 Å². The van der Waals surface area contributed by atoms with Gasteiger partial charge in [-0.05, 0) is 41.0 Å². The van der Waals surface area contributed by atoms with Crippen molar-refractivity contribution >= 4 is 73.1 Å². The first-order chi connectivity index (χ1) is 29.9. The molecule has 6 heterocycles. The van der Waals surface area contributed by atoms with Crippen LogP contribution in [0.4, 0.5) is 11.6 Å². The van der Waals surface area contributed by atoms with E-state index in [0.29, 0.717) is 70.5 Å². The van der Waals surface area contributed by atoms with Crippen LogP contribution >= 0.6 is 39.2 Å². The second-order valence-electron chi connectivity index (χ2n) is 15.2. The molecule has 2 saturated heterocycles. The molecule has 352 valence electrons. The van der Waals surface area contributed by atoms with Crippen molar-refractivity contribution in [2.45, 2.75) is 86.1 Å². The quantitative estimate of drug-likeness (QED) is 0.0277. The van der Waals surface area contributed by atoms with E-state index in [1.807, 2.05) is 51.8 Å². The Hall–Kier alpha value is -2.66. The van der Waals surface area contributed by atoms with E-state index in [4.69, 9.17) is 18.5 Å². The number of nitrogens with zero attached hydrogens (tertiary/aromatic N) is 10. The molecule has 63 heavy (non-hydrogen) atoms. The number of nitrogens with one attached hydrogen (secondary N) is 2. The Balaban J connectivity index is 1.07. The first-order valence-corrected chi connectivity index (χ1v) is 25.1. The van der Waals surface area contributed by atoms with Gasteiger partial charge in [0.1, 0.15) is 36.6 Å². The second-order valence-corrected chi connectivity index (χ2v) is 20.4. The van der Waals surface area contributed by atoms with Gasteiger partial charge >= 0.3 is 15.6 Å². The van der Waals surface area contributed by atoms with Crippen LogP contribution in [0.2, 0.25) is 0 Å². The summed E-state index contributed by atoms with van der Waals surface area (Å²) in [7, 11) is -3.13. The predicted molar refractivity (Wildman–Crippen MR) is 231 cm³/mol. The van der Waals surface area contributed by atoms with Crippen LogP contribution in [0.25, 0.3) is 22.3 Å². The Labute approximate surface area is 371 Å². The molecule has 0 radical (unpaired) electrons. The van der Waals surface area contributed by atoms with E-state index < -0.39 is 77.9 Å². The topological polar surface area (TPSA) is 319 Å². The molecule has 2 aliphatic rings. The first-order valence-electron chi connectivity index (χ1n) is 20.1. The third kappa shape index (κ3) is 12.4. The minimum atomic E-state index is -5.43. The number of hydrogen-bond acceptors (Lipinski definition) is 23. The molecule has 0 amide bonds. The van der Waals surface area contributed by atoms with Crippen LogP contribution in [0.5, 0.6) is 0 Å². The average molecular weight is 967 g/mol. The van der Waals surface area contributed by atoms with E-state index in [0.717, 1.165) is 24.3 Å². The summed E-state index contributed by atoms with van der Waals surface area (Å²) in [5.74, 6) is 2.40. The number of thioether (sulfide) groups is 2. The summed E-state index contributed by atoms with van der Waals surface area (Å²) in [6.07, 6.45) is -7.49. The Morgan fingerprint density at radius 2 is 1.08 bits per heavy atom. The zero-order valence-corrected chi connectivity index (χ0v) is 39.0. The van der Waals surface area contributed by atoms with Gasteiger partial charge in [-0.15, -0.1) is 0 Å². The lowest BCUT2D eigenvalue weighted by Gasteiger charge is -2.20. The number of likely N-dealkylation sites (N-methyl/N-ethyl adjacent to an activating group) is 2. The van der Waals surface area contributed by atoms with Gasteiger partial charge < -0.3 is 60.1 Å². The van der Waals surface area contributed by atoms with Crippen LogP contribution in [0, 0.1) is 0 Å². The van der Waals surface area contributed by atoms with Gasteiger partial charge in [0.2, 0.25) is 0 Å². The highest BCUT2D eigenvalue weighted by Gasteiger charge is 2.48. The maximum Gasteiger partial charge on any atom is 0.481 e. The van der Waals surface area contributed by atoms with Crippen LogP contribution < -0.4 is 10.6 Å². The fourth-order valence-corrected chi connectivity index (χ4v) is 9.91. The predicted octanol–water partition coefficient (Wildman–Crippen LogP) is 1.11. The molecule has 8 N–H and O–H groups in total. The molecule has 6 rings (SSSR count). The SMILES string of the molecule is CCCSc1nc(NCCN(C)C)c2ncn([C@@H]3O[C@H](COP(=O)(O)OP(=O)(O)OC[C@H]4O[C@@H](n5cnc6c(NCCN(C)C)nc(SCCC)nc65)[C@H](O)[C@@H]4O)[C@@H](O)[C@H]3O)c2n1. The molecule has 4 aromatic rings. The summed E-state index contributed by atoms with van der Waals surface area (Å²) >= 11 is 2.84. The largest absolute Gasteiger partial charge is 0.481 e. The number of fused-ring (bicyclic) bond motifs is 2. The fraction of sp³-hybridized carbons (Fsp3) is 0.706. The van der Waals surface area contributed by atoms with Crippen molar-refractivity contribution in [2.75, 3.05) is 89.7 Å². The molecule has 2 aliphatic heterocycles. The van der Waals surface area contributed by atoms with Crippen molar-refractivity contribution in [1.82, 2.24) is 48.8 Å². The van der Waals surface area contributed by atoms with E-state index in [1.165, 1.54) is 45.3 Å². The van der Waals surface area contributed by atoms with Crippen molar-refractivity contribution < 1.29 is 62.2 Å². The van der Waals surface area contributed by atoms with Crippen molar-refractivity contribution in [1.29, 1.82) is 0 Å². The summed E-state index contributed by atoms with van der Waals surface area (Å²) in [5.41, 5.74) is 1.34. The normalized spacial score (nSPS) is 26.0. The molecule has 4 aromatic heterocycles. The van der Waals surface area contributed by atoms with Crippen molar-refractivity contribution in [3.8, 4) is 0 Å². The summed E-state index contributed by atoms with van der Waals surface area (Å²) in [6, 6.07) is 0. The van der Waals surface area contributed by atoms with Gasteiger partial charge in [0, 0.05) is 37.7 Å². The lowest BCUT2D eigenvalue weighted by atomic mass is 10.1. The van der Waals surface area contributed by atoms with Crippen LogP contribution in [-0.2, 0) is 32.0 Å². The number of imidazole rings is 2. The molecule has 0 bridgehead atoms. The third-order valence-electron chi connectivity index (χ3n) is 9.61. The highest BCUT2D eigenvalue weighted by molar-refractivity contribution is 7.99. The number of hydrogen-bond donors (Lipinski definition) is 8. The Morgan fingerprint density at radius 1 is 0.683 bits per heavy atom. The molecule has 29 heteroatoms. The lowest BCUT2D eigenvalue weighted by molar-refractivity contribution is -0.0531. The number of phosphoric acid groups is 2. The molecule has 2 unspecified atom stereocenters. The van der Waals surface area contributed by atoms with Crippen LogP contribution in [0.3, 0.4) is 0 Å². The molecule has 0 spiro atoms. The molecule has 2 fully saturated rings. The maximum atomic E-state index is 12.9. The molecule has 25 nitrogen and oxygen atoms in total. The standard InChI is InChI=1S/C34H56N12O13P2S2/c1-7-13-62-33-39-27(35-9-11-43(3)4)21-29(41-33)45(17-37-21)31-25(49)23(47)19(57-31)15-55-60(51,52)59-61(53,54)56-16-20-24(48)26(50)32(58-20)46-18-38-22-28(36-10-12-44(5)6)40-34(42-30(22)46)63-14-8-2/h17-20,23-26,31-32,47-50H,7-16H2,1-6H3,(H,51,52)(H,53,54)(H,35,39,41)(H,36,40,42)/t19-,20-,23-,24-,25-,26-,31-,32-/m1/s1. The molecular formula is C34H56N12O13P2S2. The fourth-order valence-electron chi connectivity index (χ4n) is 6.43. The zero-order chi connectivity index (χ0) is 45.6. The summed E-state index contributed by atoms with van der Waals surface area (Å²) in [4.78, 5) is 52.1. The summed E-state index contributed by atoms with van der Waals surface area (Å²) in [6.45, 7) is 4.78. The van der Waals surface area contributed by atoms with Gasteiger partial charge in [0.25, 0.3) is 0 Å².